The number of aldehydes is 1. The van der Waals surface area contributed by atoms with E-state index >= 15 is 0 Å². The molecule has 0 aromatic heterocycles. The van der Waals surface area contributed by atoms with E-state index in [9.17, 15) is 4.79 Å². The first-order valence-electron chi connectivity index (χ1n) is 7.39. The predicted octanol–water partition coefficient (Wildman–Crippen LogP) is 3.92. The fourth-order valence-electron chi connectivity index (χ4n) is 6.31. The summed E-state index contributed by atoms with van der Waals surface area (Å²) in [5.41, 5.74) is 0.901. The average Bonchev–Trinajstić information content (AvgIpc) is 2.66. The largest absolute Gasteiger partial charge is 0.303 e. The first-order valence-corrected chi connectivity index (χ1v) is 7.39. The maximum Gasteiger partial charge on any atom is 0.123 e. The molecule has 0 heterocycles. The van der Waals surface area contributed by atoms with Gasteiger partial charge in [-0.2, -0.15) is 0 Å². The van der Waals surface area contributed by atoms with E-state index in [0.29, 0.717) is 22.7 Å². The molecule has 0 amide bonds. The van der Waals surface area contributed by atoms with Gasteiger partial charge in [-0.3, -0.25) is 0 Å². The van der Waals surface area contributed by atoms with Crippen molar-refractivity contribution in [2.24, 2.45) is 40.4 Å². The molecule has 3 fully saturated rings. The normalized spacial score (nSPS) is 55.6. The molecule has 2 bridgehead atoms. The van der Waals surface area contributed by atoms with Gasteiger partial charge in [0.25, 0.3) is 0 Å². The summed E-state index contributed by atoms with van der Waals surface area (Å²) in [4.78, 5) is 11.4. The van der Waals surface area contributed by atoms with Crippen molar-refractivity contribution in [2.75, 3.05) is 0 Å². The maximum atomic E-state index is 11.4. The van der Waals surface area contributed by atoms with E-state index in [1.165, 1.54) is 25.5 Å². The third kappa shape index (κ3) is 1.24. The van der Waals surface area contributed by atoms with Gasteiger partial charge < -0.3 is 4.79 Å². The van der Waals surface area contributed by atoms with Crippen molar-refractivity contribution < 1.29 is 4.79 Å². The van der Waals surface area contributed by atoms with Crippen molar-refractivity contribution in [3.05, 3.63) is 0 Å². The Morgan fingerprint density at radius 1 is 1.24 bits per heavy atom. The van der Waals surface area contributed by atoms with Crippen LogP contribution in [0.4, 0.5) is 0 Å². The second kappa shape index (κ2) is 3.36. The van der Waals surface area contributed by atoms with E-state index in [2.05, 4.69) is 27.7 Å². The lowest BCUT2D eigenvalue weighted by molar-refractivity contribution is -0.113. The van der Waals surface area contributed by atoms with Gasteiger partial charge in [0.15, 0.2) is 0 Å². The lowest BCUT2D eigenvalue weighted by Gasteiger charge is -2.39. The summed E-state index contributed by atoms with van der Waals surface area (Å²) in [6.45, 7) is 9.73. The number of carbonyl (C=O) groups is 1. The van der Waals surface area contributed by atoms with E-state index in [0.717, 1.165) is 24.2 Å². The maximum absolute atomic E-state index is 11.4. The second-order valence-electron chi connectivity index (χ2n) is 7.80. The summed E-state index contributed by atoms with van der Waals surface area (Å²) in [6, 6.07) is 0. The Morgan fingerprint density at radius 2 is 1.94 bits per heavy atom. The Labute approximate surface area is 105 Å². The van der Waals surface area contributed by atoms with Gasteiger partial charge in [-0.1, -0.05) is 27.7 Å². The van der Waals surface area contributed by atoms with Crippen molar-refractivity contribution in [2.45, 2.75) is 53.4 Å². The minimum Gasteiger partial charge on any atom is -0.303 e. The molecule has 0 aromatic rings. The molecule has 1 heteroatoms. The number of hydrogen-bond acceptors (Lipinski definition) is 1. The Morgan fingerprint density at radius 3 is 2.59 bits per heavy atom. The van der Waals surface area contributed by atoms with Gasteiger partial charge in [0.05, 0.1) is 0 Å². The van der Waals surface area contributed by atoms with Gasteiger partial charge in [-0.15, -0.1) is 0 Å². The number of hydrogen-bond donors (Lipinski definition) is 0. The Balaban J connectivity index is 2.08. The van der Waals surface area contributed by atoms with E-state index in [-0.39, 0.29) is 0 Å². The lowest BCUT2D eigenvalue weighted by Crippen LogP contribution is -2.33. The molecule has 3 aliphatic rings. The quantitative estimate of drug-likeness (QED) is 0.628. The number of fused-ring (bicyclic) bond motifs is 1. The second-order valence-corrected chi connectivity index (χ2v) is 7.80. The summed E-state index contributed by atoms with van der Waals surface area (Å²) in [6.07, 6.45) is 6.60. The topological polar surface area (TPSA) is 17.1 Å². The molecule has 3 saturated carbocycles. The third-order valence-corrected chi connectivity index (χ3v) is 6.94. The van der Waals surface area contributed by atoms with Crippen LogP contribution in [0, 0.1) is 40.4 Å². The monoisotopic (exact) mass is 234 g/mol. The van der Waals surface area contributed by atoms with Crippen molar-refractivity contribution in [1.82, 2.24) is 0 Å². The Kier molecular flexibility index (Phi) is 2.32. The van der Waals surface area contributed by atoms with Crippen LogP contribution in [-0.2, 0) is 4.79 Å². The fraction of sp³-hybridized carbons (Fsp3) is 0.938. The van der Waals surface area contributed by atoms with Gasteiger partial charge in [-0.25, -0.2) is 0 Å². The first-order chi connectivity index (χ1) is 7.93. The van der Waals surface area contributed by atoms with Gasteiger partial charge in [0.2, 0.25) is 0 Å². The molecule has 0 aromatic carbocycles. The van der Waals surface area contributed by atoms with Crippen LogP contribution in [0.3, 0.4) is 0 Å². The van der Waals surface area contributed by atoms with E-state index in [4.69, 9.17) is 0 Å². The highest BCUT2D eigenvalue weighted by molar-refractivity contribution is 5.56. The minimum atomic E-state index is 0.343. The molecule has 0 aliphatic heterocycles. The molecule has 0 radical (unpaired) electrons. The van der Waals surface area contributed by atoms with Crippen molar-refractivity contribution in [1.29, 1.82) is 0 Å². The zero-order valence-electron chi connectivity index (χ0n) is 11.7. The van der Waals surface area contributed by atoms with Gasteiger partial charge >= 0.3 is 0 Å². The van der Waals surface area contributed by atoms with Crippen LogP contribution in [0.1, 0.15) is 53.4 Å². The summed E-state index contributed by atoms with van der Waals surface area (Å²) in [7, 11) is 0. The summed E-state index contributed by atoms with van der Waals surface area (Å²) in [5.74, 6) is 3.49. The molecular weight excluding hydrogens is 208 g/mol. The highest BCUT2D eigenvalue weighted by Gasteiger charge is 2.67. The molecule has 17 heavy (non-hydrogen) atoms. The molecule has 3 aliphatic carbocycles. The van der Waals surface area contributed by atoms with Gasteiger partial charge in [0, 0.05) is 5.92 Å². The lowest BCUT2D eigenvalue weighted by atomic mass is 9.65. The predicted molar refractivity (Wildman–Crippen MR) is 69.5 cm³/mol. The molecule has 3 rings (SSSR count). The first kappa shape index (κ1) is 11.7. The standard InChI is InChI=1S/C16H26O/c1-10-5-6-16-8-13(10)15(3,4)14(16)12(9-17)7-11(16)2/h9-14H,5-8H2,1-4H3/t10-,11-,12?,13+,14+,16+/m1/s1. The van der Waals surface area contributed by atoms with Crippen LogP contribution in [0.15, 0.2) is 0 Å². The number of carbonyl (C=O) groups excluding carboxylic acids is 1. The zero-order chi connectivity index (χ0) is 12.4. The van der Waals surface area contributed by atoms with Crippen LogP contribution in [0.25, 0.3) is 0 Å². The summed E-state index contributed by atoms with van der Waals surface area (Å²) >= 11 is 0. The van der Waals surface area contributed by atoms with Crippen LogP contribution in [0.5, 0.6) is 0 Å². The summed E-state index contributed by atoms with van der Waals surface area (Å²) < 4.78 is 0. The SMILES string of the molecule is C[C@@H]1CC[C@@]23C[C@@H]1C(C)(C)[C@@H]2C(C=O)C[C@H]3C. The van der Waals surface area contributed by atoms with Crippen molar-refractivity contribution >= 4 is 6.29 Å². The minimum absolute atomic E-state index is 0.343. The zero-order valence-corrected chi connectivity index (χ0v) is 11.7. The molecule has 0 saturated heterocycles. The smallest absolute Gasteiger partial charge is 0.123 e. The van der Waals surface area contributed by atoms with Crippen LogP contribution in [-0.4, -0.2) is 6.29 Å². The molecule has 96 valence electrons. The Hall–Kier alpha value is -0.330. The molecule has 1 spiro atoms. The van der Waals surface area contributed by atoms with Crippen LogP contribution in [0.2, 0.25) is 0 Å². The highest BCUT2D eigenvalue weighted by Crippen LogP contribution is 2.73. The van der Waals surface area contributed by atoms with E-state index < -0.39 is 0 Å². The van der Waals surface area contributed by atoms with E-state index in [1.54, 1.807) is 0 Å². The van der Waals surface area contributed by atoms with Gasteiger partial charge in [0.1, 0.15) is 6.29 Å². The van der Waals surface area contributed by atoms with Crippen LogP contribution >= 0.6 is 0 Å². The molecule has 1 nitrogen and oxygen atoms in total. The van der Waals surface area contributed by atoms with Gasteiger partial charge in [-0.05, 0) is 60.2 Å². The molecule has 6 atom stereocenters. The number of rotatable bonds is 1. The van der Waals surface area contributed by atoms with Crippen LogP contribution < -0.4 is 0 Å². The summed E-state index contributed by atoms with van der Waals surface area (Å²) in [5, 5.41) is 0. The average molecular weight is 234 g/mol. The van der Waals surface area contributed by atoms with Crippen molar-refractivity contribution in [3.63, 3.8) is 0 Å². The highest BCUT2D eigenvalue weighted by atomic mass is 16.1. The molecular formula is C16H26O. The molecule has 1 unspecified atom stereocenters. The molecule has 0 N–H and O–H groups in total. The van der Waals surface area contributed by atoms with Crippen molar-refractivity contribution in [3.8, 4) is 0 Å². The third-order valence-electron chi connectivity index (χ3n) is 6.94. The fourth-order valence-corrected chi connectivity index (χ4v) is 6.31. The van der Waals surface area contributed by atoms with E-state index in [1.807, 2.05) is 0 Å². The Bertz CT molecular complexity index is 345.